The molecule has 3 N–H and O–H groups in total. The molecule has 0 fully saturated rings. The van der Waals surface area contributed by atoms with Gasteiger partial charge in [-0.2, -0.15) is 0 Å². The zero-order valence-corrected chi connectivity index (χ0v) is 16.2. The molecule has 1 heterocycles. The molecule has 7 nitrogen and oxygen atoms in total. The lowest BCUT2D eigenvalue weighted by molar-refractivity contribution is -0.149. The van der Waals surface area contributed by atoms with Gasteiger partial charge in [0.05, 0.1) is 5.56 Å². The SMILES string of the molecule is Cc1ccc(C(C)C)cc1OCC(=O)OCC(=O)Nc1sccc1C(N)=O. The number of benzene rings is 1. The largest absolute Gasteiger partial charge is 0.482 e. The zero-order valence-electron chi connectivity index (χ0n) is 15.4. The van der Waals surface area contributed by atoms with Crippen LogP contribution in [0.4, 0.5) is 5.00 Å². The van der Waals surface area contributed by atoms with Crippen LogP contribution in [-0.2, 0) is 14.3 Å². The Morgan fingerprint density at radius 1 is 1.19 bits per heavy atom. The smallest absolute Gasteiger partial charge is 0.344 e. The molecule has 0 radical (unpaired) electrons. The molecule has 0 atom stereocenters. The molecular weight excluding hydrogens is 368 g/mol. The highest BCUT2D eigenvalue weighted by atomic mass is 32.1. The van der Waals surface area contributed by atoms with E-state index in [1.54, 1.807) is 5.38 Å². The van der Waals surface area contributed by atoms with Crippen molar-refractivity contribution in [3.8, 4) is 5.75 Å². The summed E-state index contributed by atoms with van der Waals surface area (Å²) in [5.74, 6) is -0.929. The number of anilines is 1. The number of primary amides is 1. The number of esters is 1. The lowest BCUT2D eigenvalue weighted by atomic mass is 10.0. The highest BCUT2D eigenvalue weighted by Gasteiger charge is 2.14. The molecule has 1 aromatic carbocycles. The van der Waals surface area contributed by atoms with Gasteiger partial charge in [0.25, 0.3) is 11.8 Å². The van der Waals surface area contributed by atoms with Gasteiger partial charge < -0.3 is 20.5 Å². The third-order valence-electron chi connectivity index (χ3n) is 3.77. The number of nitrogens with one attached hydrogen (secondary N) is 1. The fraction of sp³-hybridized carbons (Fsp3) is 0.316. The molecule has 1 aromatic heterocycles. The van der Waals surface area contributed by atoms with Crippen molar-refractivity contribution in [1.29, 1.82) is 0 Å². The van der Waals surface area contributed by atoms with Crippen molar-refractivity contribution in [2.45, 2.75) is 26.7 Å². The summed E-state index contributed by atoms with van der Waals surface area (Å²) in [5.41, 5.74) is 7.42. The molecule has 0 saturated heterocycles. The fourth-order valence-electron chi connectivity index (χ4n) is 2.22. The van der Waals surface area contributed by atoms with Crippen LogP contribution >= 0.6 is 11.3 Å². The van der Waals surface area contributed by atoms with E-state index in [0.717, 1.165) is 22.5 Å². The molecule has 0 aliphatic rings. The first-order valence-electron chi connectivity index (χ1n) is 8.34. The molecule has 0 bridgehead atoms. The number of carbonyl (C=O) groups is 3. The third kappa shape index (κ3) is 5.82. The molecule has 0 unspecified atom stereocenters. The zero-order chi connectivity index (χ0) is 20.0. The molecule has 144 valence electrons. The van der Waals surface area contributed by atoms with Crippen LogP contribution in [0.5, 0.6) is 5.75 Å². The first kappa shape index (κ1) is 20.4. The Morgan fingerprint density at radius 3 is 2.59 bits per heavy atom. The number of amides is 2. The first-order valence-corrected chi connectivity index (χ1v) is 9.22. The van der Waals surface area contributed by atoms with E-state index >= 15 is 0 Å². The Morgan fingerprint density at radius 2 is 1.93 bits per heavy atom. The van der Waals surface area contributed by atoms with Gasteiger partial charge in [-0.05, 0) is 41.5 Å². The minimum atomic E-state index is -0.666. The van der Waals surface area contributed by atoms with E-state index in [-0.39, 0.29) is 12.2 Å². The number of aryl methyl sites for hydroxylation is 1. The minimum Gasteiger partial charge on any atom is -0.482 e. The van der Waals surface area contributed by atoms with Crippen molar-refractivity contribution in [2.75, 3.05) is 18.5 Å². The minimum absolute atomic E-state index is 0.212. The van der Waals surface area contributed by atoms with Gasteiger partial charge in [-0.25, -0.2) is 4.79 Å². The van der Waals surface area contributed by atoms with E-state index < -0.39 is 24.4 Å². The molecular formula is C19H22N2O5S. The second-order valence-electron chi connectivity index (χ2n) is 6.20. The molecule has 0 aliphatic heterocycles. The fourth-order valence-corrected chi connectivity index (χ4v) is 3.03. The molecule has 0 aliphatic carbocycles. The number of thiophene rings is 1. The molecule has 0 saturated carbocycles. The maximum Gasteiger partial charge on any atom is 0.344 e. The number of hydrogen-bond donors (Lipinski definition) is 2. The van der Waals surface area contributed by atoms with Crippen molar-refractivity contribution >= 4 is 34.1 Å². The second-order valence-corrected chi connectivity index (χ2v) is 7.12. The van der Waals surface area contributed by atoms with Gasteiger partial charge in [0.2, 0.25) is 0 Å². The van der Waals surface area contributed by atoms with Gasteiger partial charge in [-0.3, -0.25) is 9.59 Å². The Hall–Kier alpha value is -2.87. The van der Waals surface area contributed by atoms with Crippen molar-refractivity contribution in [2.24, 2.45) is 5.73 Å². The maximum atomic E-state index is 11.9. The van der Waals surface area contributed by atoms with Crippen LogP contribution < -0.4 is 15.8 Å². The lowest BCUT2D eigenvalue weighted by Crippen LogP contribution is -2.24. The lowest BCUT2D eigenvalue weighted by Gasteiger charge is -2.12. The first-order chi connectivity index (χ1) is 12.8. The Kier molecular flexibility index (Phi) is 6.95. The van der Waals surface area contributed by atoms with Crippen LogP contribution in [0, 0.1) is 6.92 Å². The highest BCUT2D eigenvalue weighted by molar-refractivity contribution is 7.14. The summed E-state index contributed by atoms with van der Waals surface area (Å²) in [4.78, 5) is 34.9. The molecule has 27 heavy (non-hydrogen) atoms. The molecule has 2 aromatic rings. The average Bonchev–Trinajstić information content (AvgIpc) is 3.07. The summed E-state index contributed by atoms with van der Waals surface area (Å²) in [6.07, 6.45) is 0. The third-order valence-corrected chi connectivity index (χ3v) is 4.60. The van der Waals surface area contributed by atoms with Crippen LogP contribution in [0.2, 0.25) is 0 Å². The van der Waals surface area contributed by atoms with Crippen LogP contribution in [-0.4, -0.2) is 31.0 Å². The van der Waals surface area contributed by atoms with Crippen molar-refractivity contribution in [3.05, 3.63) is 46.3 Å². The van der Waals surface area contributed by atoms with E-state index in [9.17, 15) is 14.4 Å². The van der Waals surface area contributed by atoms with Crippen LogP contribution in [0.1, 0.15) is 41.3 Å². The van der Waals surface area contributed by atoms with E-state index in [2.05, 4.69) is 19.2 Å². The molecule has 8 heteroatoms. The highest BCUT2D eigenvalue weighted by Crippen LogP contribution is 2.24. The Balaban J connectivity index is 1.82. The van der Waals surface area contributed by atoms with Crippen LogP contribution in [0.25, 0.3) is 0 Å². The van der Waals surface area contributed by atoms with Crippen molar-refractivity contribution < 1.29 is 23.9 Å². The number of rotatable bonds is 8. The summed E-state index contributed by atoms with van der Waals surface area (Å²) in [6.45, 7) is 5.23. The topological polar surface area (TPSA) is 108 Å². The summed E-state index contributed by atoms with van der Waals surface area (Å²) in [7, 11) is 0. The number of ether oxygens (including phenoxy) is 2. The molecule has 2 rings (SSSR count). The summed E-state index contributed by atoms with van der Waals surface area (Å²) < 4.78 is 10.4. The van der Waals surface area contributed by atoms with Gasteiger partial charge in [0.15, 0.2) is 13.2 Å². The predicted molar refractivity (Wildman–Crippen MR) is 103 cm³/mol. The Labute approximate surface area is 161 Å². The molecule has 2 amide bonds. The van der Waals surface area contributed by atoms with E-state index in [4.69, 9.17) is 15.2 Å². The standard InChI is InChI=1S/C19H22N2O5S/c1-11(2)13-5-4-12(3)15(8-13)25-10-17(23)26-9-16(22)21-19-14(18(20)24)6-7-27-19/h4-8,11H,9-10H2,1-3H3,(H2,20,24)(H,21,22). The molecule has 0 spiro atoms. The van der Waals surface area contributed by atoms with Gasteiger partial charge in [-0.1, -0.05) is 26.0 Å². The average molecular weight is 390 g/mol. The second kappa shape index (κ2) is 9.18. The van der Waals surface area contributed by atoms with Gasteiger partial charge in [0.1, 0.15) is 10.8 Å². The number of hydrogen-bond acceptors (Lipinski definition) is 6. The monoisotopic (exact) mass is 390 g/mol. The maximum absolute atomic E-state index is 11.9. The van der Waals surface area contributed by atoms with Crippen LogP contribution in [0.3, 0.4) is 0 Å². The normalized spacial score (nSPS) is 10.5. The van der Waals surface area contributed by atoms with Gasteiger partial charge in [0, 0.05) is 0 Å². The van der Waals surface area contributed by atoms with Crippen molar-refractivity contribution in [3.63, 3.8) is 0 Å². The van der Waals surface area contributed by atoms with Crippen molar-refractivity contribution in [1.82, 2.24) is 0 Å². The quantitative estimate of drug-likeness (QED) is 0.674. The summed E-state index contributed by atoms with van der Waals surface area (Å²) in [5, 5.41) is 4.44. The van der Waals surface area contributed by atoms with Gasteiger partial charge in [-0.15, -0.1) is 11.3 Å². The predicted octanol–water partition coefficient (Wildman–Crippen LogP) is 2.84. The van der Waals surface area contributed by atoms with E-state index in [1.807, 2.05) is 25.1 Å². The van der Waals surface area contributed by atoms with Crippen LogP contribution in [0.15, 0.2) is 29.6 Å². The Bertz CT molecular complexity index is 844. The number of carbonyl (C=O) groups excluding carboxylic acids is 3. The summed E-state index contributed by atoms with van der Waals surface area (Å²) >= 11 is 1.16. The van der Waals surface area contributed by atoms with Gasteiger partial charge >= 0.3 is 5.97 Å². The number of nitrogens with two attached hydrogens (primary N) is 1. The van der Waals surface area contributed by atoms with E-state index in [0.29, 0.717) is 16.7 Å². The van der Waals surface area contributed by atoms with E-state index in [1.165, 1.54) is 6.07 Å². The summed E-state index contributed by atoms with van der Waals surface area (Å²) in [6, 6.07) is 7.35.